The lowest BCUT2D eigenvalue weighted by atomic mass is 9.82. The average Bonchev–Trinajstić information content (AvgIpc) is 2.38. The molecule has 1 aliphatic rings. The van der Waals surface area contributed by atoms with Crippen LogP contribution in [0.25, 0.3) is 0 Å². The molecule has 1 aromatic rings. The summed E-state index contributed by atoms with van der Waals surface area (Å²) in [6.07, 6.45) is 3.89. The van der Waals surface area contributed by atoms with E-state index < -0.39 is 0 Å². The van der Waals surface area contributed by atoms with E-state index in [0.717, 1.165) is 6.54 Å². The van der Waals surface area contributed by atoms with Crippen molar-refractivity contribution >= 4 is 11.6 Å². The van der Waals surface area contributed by atoms with Gasteiger partial charge in [-0.15, -0.1) is 11.6 Å². The normalized spacial score (nSPS) is 21.3. The van der Waals surface area contributed by atoms with Gasteiger partial charge in [0.1, 0.15) is 0 Å². The molecule has 0 N–H and O–H groups in total. The molecule has 0 heterocycles. The van der Waals surface area contributed by atoms with Gasteiger partial charge in [-0.25, -0.2) is 0 Å². The molecule has 1 aliphatic carbocycles. The second-order valence-corrected chi connectivity index (χ2v) is 5.54. The molecule has 0 fully saturated rings. The Kier molecular flexibility index (Phi) is 4.47. The van der Waals surface area contributed by atoms with Crippen LogP contribution in [0.2, 0.25) is 0 Å². The van der Waals surface area contributed by atoms with Gasteiger partial charge in [0, 0.05) is 18.5 Å². The van der Waals surface area contributed by atoms with Crippen molar-refractivity contribution in [2.75, 3.05) is 19.5 Å². The Labute approximate surface area is 110 Å². The van der Waals surface area contributed by atoms with Crippen LogP contribution in [0.4, 0.5) is 0 Å². The quantitative estimate of drug-likeness (QED) is 0.739. The Morgan fingerprint density at radius 3 is 2.94 bits per heavy atom. The molecule has 17 heavy (non-hydrogen) atoms. The third-order valence-corrected chi connectivity index (χ3v) is 4.42. The van der Waals surface area contributed by atoms with Gasteiger partial charge in [0.25, 0.3) is 0 Å². The maximum atomic E-state index is 5.92. The zero-order valence-corrected chi connectivity index (χ0v) is 11.6. The lowest BCUT2D eigenvalue weighted by Crippen LogP contribution is -2.35. The molecule has 0 aliphatic heterocycles. The van der Waals surface area contributed by atoms with Crippen LogP contribution in [0.3, 0.4) is 0 Å². The number of benzene rings is 1. The standard InChI is InChI=1S/C15H22ClN/c1-12(10-16)17(2)11-14-8-5-7-13-6-3-4-9-15(13)14/h3-4,6,9,12,14H,5,7-8,10-11H2,1-2H3. The number of nitrogens with zero attached hydrogens (tertiary/aromatic N) is 1. The molecule has 0 saturated heterocycles. The van der Waals surface area contributed by atoms with E-state index in [1.165, 1.54) is 19.3 Å². The van der Waals surface area contributed by atoms with Gasteiger partial charge < -0.3 is 4.90 Å². The molecule has 0 radical (unpaired) electrons. The molecule has 0 spiro atoms. The van der Waals surface area contributed by atoms with Crippen molar-refractivity contribution < 1.29 is 0 Å². The Hall–Kier alpha value is -0.530. The second kappa shape index (κ2) is 5.88. The molecule has 94 valence electrons. The minimum absolute atomic E-state index is 0.464. The predicted molar refractivity (Wildman–Crippen MR) is 74.9 cm³/mol. The number of hydrogen-bond acceptors (Lipinski definition) is 1. The molecule has 1 aromatic carbocycles. The lowest BCUT2D eigenvalue weighted by molar-refractivity contribution is 0.250. The number of halogens is 1. The Morgan fingerprint density at radius 2 is 2.18 bits per heavy atom. The van der Waals surface area contributed by atoms with Crippen LogP contribution >= 0.6 is 11.6 Å². The zero-order chi connectivity index (χ0) is 12.3. The van der Waals surface area contributed by atoms with Crippen molar-refractivity contribution in [1.82, 2.24) is 4.90 Å². The Morgan fingerprint density at radius 1 is 1.41 bits per heavy atom. The van der Waals surface area contributed by atoms with Crippen molar-refractivity contribution in [3.8, 4) is 0 Å². The molecular formula is C15H22ClN. The molecule has 0 bridgehead atoms. The van der Waals surface area contributed by atoms with Gasteiger partial charge >= 0.3 is 0 Å². The summed E-state index contributed by atoms with van der Waals surface area (Å²) in [6.45, 7) is 3.33. The first-order valence-electron chi connectivity index (χ1n) is 6.56. The molecule has 2 atom stereocenters. The fourth-order valence-electron chi connectivity index (χ4n) is 2.69. The molecule has 0 saturated carbocycles. The van der Waals surface area contributed by atoms with Gasteiger partial charge in [0.15, 0.2) is 0 Å². The smallest absolute Gasteiger partial charge is 0.0376 e. The van der Waals surface area contributed by atoms with Gasteiger partial charge in [-0.3, -0.25) is 0 Å². The average molecular weight is 252 g/mol. The fraction of sp³-hybridized carbons (Fsp3) is 0.600. The predicted octanol–water partition coefficient (Wildman–Crippen LogP) is 3.67. The molecule has 2 unspecified atom stereocenters. The van der Waals surface area contributed by atoms with E-state index in [1.54, 1.807) is 11.1 Å². The van der Waals surface area contributed by atoms with E-state index in [0.29, 0.717) is 17.8 Å². The van der Waals surface area contributed by atoms with Gasteiger partial charge in [-0.1, -0.05) is 24.3 Å². The van der Waals surface area contributed by atoms with Gasteiger partial charge in [0.2, 0.25) is 0 Å². The van der Waals surface area contributed by atoms with Crippen molar-refractivity contribution in [1.29, 1.82) is 0 Å². The van der Waals surface area contributed by atoms with Crippen LogP contribution in [0.1, 0.15) is 36.8 Å². The number of hydrogen-bond donors (Lipinski definition) is 0. The first-order chi connectivity index (χ1) is 8.22. The third-order valence-electron chi connectivity index (χ3n) is 3.98. The van der Waals surface area contributed by atoms with Gasteiger partial charge in [-0.05, 0) is 50.3 Å². The molecule has 0 amide bonds. The topological polar surface area (TPSA) is 3.24 Å². The second-order valence-electron chi connectivity index (χ2n) is 5.23. The van der Waals surface area contributed by atoms with Crippen LogP contribution in [-0.4, -0.2) is 30.4 Å². The highest BCUT2D eigenvalue weighted by molar-refractivity contribution is 6.18. The highest BCUT2D eigenvalue weighted by Gasteiger charge is 2.22. The fourth-order valence-corrected chi connectivity index (χ4v) is 2.93. The first kappa shape index (κ1) is 12.9. The van der Waals surface area contributed by atoms with Crippen molar-refractivity contribution in [2.24, 2.45) is 0 Å². The maximum absolute atomic E-state index is 5.92. The van der Waals surface area contributed by atoms with Gasteiger partial charge in [-0.2, -0.15) is 0 Å². The summed E-state index contributed by atoms with van der Waals surface area (Å²) in [5.41, 5.74) is 3.11. The molecular weight excluding hydrogens is 230 g/mol. The van der Waals surface area contributed by atoms with Crippen LogP contribution in [0.15, 0.2) is 24.3 Å². The van der Waals surface area contributed by atoms with E-state index in [-0.39, 0.29) is 0 Å². The summed E-state index contributed by atoms with van der Waals surface area (Å²) in [6, 6.07) is 9.38. The number of likely N-dealkylation sites (N-methyl/N-ethyl adjacent to an activating group) is 1. The largest absolute Gasteiger partial charge is 0.302 e. The third kappa shape index (κ3) is 3.02. The zero-order valence-electron chi connectivity index (χ0n) is 10.8. The maximum Gasteiger partial charge on any atom is 0.0376 e. The lowest BCUT2D eigenvalue weighted by Gasteiger charge is -2.31. The van der Waals surface area contributed by atoms with Crippen molar-refractivity contribution in [3.63, 3.8) is 0 Å². The van der Waals surface area contributed by atoms with Crippen LogP contribution in [-0.2, 0) is 6.42 Å². The van der Waals surface area contributed by atoms with E-state index in [2.05, 4.69) is 43.1 Å². The molecule has 2 rings (SSSR count). The van der Waals surface area contributed by atoms with E-state index in [9.17, 15) is 0 Å². The monoisotopic (exact) mass is 251 g/mol. The van der Waals surface area contributed by atoms with Crippen molar-refractivity contribution in [3.05, 3.63) is 35.4 Å². The molecule has 1 nitrogen and oxygen atoms in total. The SMILES string of the molecule is CC(CCl)N(C)CC1CCCc2ccccc21. The Balaban J connectivity index is 2.08. The number of fused-ring (bicyclic) bond motifs is 1. The summed E-state index contributed by atoms with van der Waals surface area (Å²) in [4.78, 5) is 2.39. The van der Waals surface area contributed by atoms with Crippen LogP contribution < -0.4 is 0 Å². The van der Waals surface area contributed by atoms with E-state index >= 15 is 0 Å². The van der Waals surface area contributed by atoms with E-state index in [4.69, 9.17) is 11.6 Å². The summed E-state index contributed by atoms with van der Waals surface area (Å²) >= 11 is 5.92. The van der Waals surface area contributed by atoms with Crippen LogP contribution in [0, 0.1) is 0 Å². The highest BCUT2D eigenvalue weighted by Crippen LogP contribution is 2.32. The van der Waals surface area contributed by atoms with E-state index in [1.807, 2.05) is 0 Å². The molecule has 2 heteroatoms. The summed E-state index contributed by atoms with van der Waals surface area (Å²) < 4.78 is 0. The molecule has 0 aromatic heterocycles. The number of rotatable bonds is 4. The van der Waals surface area contributed by atoms with Crippen LogP contribution in [0.5, 0.6) is 0 Å². The number of aryl methyl sites for hydroxylation is 1. The minimum atomic E-state index is 0.464. The Bertz CT molecular complexity index is 364. The number of alkyl halides is 1. The van der Waals surface area contributed by atoms with Gasteiger partial charge in [0.05, 0.1) is 0 Å². The minimum Gasteiger partial charge on any atom is -0.302 e. The first-order valence-corrected chi connectivity index (χ1v) is 7.10. The highest BCUT2D eigenvalue weighted by atomic mass is 35.5. The van der Waals surface area contributed by atoms with Crippen molar-refractivity contribution in [2.45, 2.75) is 38.1 Å². The summed E-state index contributed by atoms with van der Waals surface area (Å²) in [5, 5.41) is 0. The summed E-state index contributed by atoms with van der Waals surface area (Å²) in [5.74, 6) is 1.40. The summed E-state index contributed by atoms with van der Waals surface area (Å²) in [7, 11) is 2.18.